The Labute approximate surface area is 138 Å². The maximum Gasteiger partial charge on any atom is 0.326 e. The first kappa shape index (κ1) is 16.0. The van der Waals surface area contributed by atoms with Crippen LogP contribution in [-0.2, 0) is 19.1 Å². The number of fused-ring (bicyclic) bond motifs is 1. The smallest absolute Gasteiger partial charge is 0.326 e. The maximum absolute atomic E-state index is 12.5. The molecule has 2 saturated heterocycles. The lowest BCUT2D eigenvalue weighted by Gasteiger charge is -2.27. The number of nitrogens with one attached hydrogen (secondary N) is 1. The lowest BCUT2D eigenvalue weighted by atomic mass is 9.80. The maximum atomic E-state index is 12.5. The van der Waals surface area contributed by atoms with Crippen molar-refractivity contribution >= 4 is 29.4 Å². The zero-order valence-electron chi connectivity index (χ0n) is 13.0. The minimum atomic E-state index is -1.25. The lowest BCUT2D eigenvalue weighted by molar-refractivity contribution is -0.152. The van der Waals surface area contributed by atoms with Gasteiger partial charge in [-0.05, 0) is 24.6 Å². The molecule has 2 amide bonds. The quantitative estimate of drug-likeness (QED) is 0.647. The Morgan fingerprint density at radius 3 is 2.43 bits per heavy atom. The molecule has 0 saturated carbocycles. The van der Waals surface area contributed by atoms with Gasteiger partial charge in [0, 0.05) is 18.1 Å². The van der Waals surface area contributed by atoms with Crippen LogP contribution in [0, 0.1) is 11.8 Å². The number of halogens is 1. The molecule has 3 rings (SSSR count). The second-order valence-electron chi connectivity index (χ2n) is 6.11. The number of hydrogen-bond donors (Lipinski definition) is 1. The van der Waals surface area contributed by atoms with E-state index in [0.717, 1.165) is 10.5 Å². The largest absolute Gasteiger partial charge is 0.468 e. The Morgan fingerprint density at radius 2 is 1.87 bits per heavy atom. The van der Waals surface area contributed by atoms with E-state index in [0.29, 0.717) is 5.02 Å². The van der Waals surface area contributed by atoms with E-state index >= 15 is 0 Å². The van der Waals surface area contributed by atoms with Crippen LogP contribution in [0.1, 0.15) is 18.5 Å². The molecule has 0 radical (unpaired) electrons. The summed E-state index contributed by atoms with van der Waals surface area (Å²) in [4.78, 5) is 38.4. The number of carbonyl (C=O) groups excluding carboxylic acids is 3. The molecule has 2 aliphatic heterocycles. The molecular weight excluding hydrogens is 320 g/mol. The molecule has 4 atom stereocenters. The number of esters is 1. The summed E-state index contributed by atoms with van der Waals surface area (Å²) >= 11 is 5.91. The Bertz CT molecular complexity index is 690. The molecule has 2 aliphatic rings. The fourth-order valence-electron chi connectivity index (χ4n) is 3.64. The predicted molar refractivity (Wildman–Crippen MR) is 82.5 cm³/mol. The summed E-state index contributed by atoms with van der Waals surface area (Å²) in [7, 11) is 2.71. The highest BCUT2D eigenvalue weighted by Gasteiger charge is 2.66. The summed E-state index contributed by atoms with van der Waals surface area (Å²) < 4.78 is 4.86. The molecule has 0 bridgehead atoms. The van der Waals surface area contributed by atoms with Gasteiger partial charge in [-0.15, -0.1) is 0 Å². The van der Waals surface area contributed by atoms with E-state index in [1.165, 1.54) is 14.2 Å². The van der Waals surface area contributed by atoms with Crippen LogP contribution < -0.4 is 5.32 Å². The third kappa shape index (κ3) is 2.16. The number of hydrogen-bond acceptors (Lipinski definition) is 5. The predicted octanol–water partition coefficient (Wildman–Crippen LogP) is 1.15. The summed E-state index contributed by atoms with van der Waals surface area (Å²) in [6, 6.07) is 6.55. The Morgan fingerprint density at radius 1 is 1.26 bits per heavy atom. The zero-order valence-corrected chi connectivity index (χ0v) is 13.8. The first-order chi connectivity index (χ1) is 10.8. The molecule has 0 aliphatic carbocycles. The fraction of sp³-hybridized carbons (Fsp3) is 0.438. The van der Waals surface area contributed by atoms with Crippen LogP contribution in [0.2, 0.25) is 5.02 Å². The van der Waals surface area contributed by atoms with E-state index in [9.17, 15) is 14.4 Å². The van der Waals surface area contributed by atoms with Gasteiger partial charge in [-0.1, -0.05) is 23.7 Å². The van der Waals surface area contributed by atoms with Crippen LogP contribution in [0.3, 0.4) is 0 Å². The molecule has 1 N–H and O–H groups in total. The van der Waals surface area contributed by atoms with Crippen molar-refractivity contribution in [2.75, 3.05) is 14.2 Å². The minimum Gasteiger partial charge on any atom is -0.468 e. The van der Waals surface area contributed by atoms with Crippen LogP contribution in [0.25, 0.3) is 0 Å². The van der Waals surface area contributed by atoms with Crippen molar-refractivity contribution in [1.29, 1.82) is 0 Å². The molecule has 6 nitrogen and oxygen atoms in total. The molecule has 0 unspecified atom stereocenters. The van der Waals surface area contributed by atoms with E-state index < -0.39 is 29.4 Å². The van der Waals surface area contributed by atoms with Crippen LogP contribution in [0.5, 0.6) is 0 Å². The normalized spacial score (nSPS) is 33.0. The van der Waals surface area contributed by atoms with Gasteiger partial charge in [-0.3, -0.25) is 24.6 Å². The van der Waals surface area contributed by atoms with Gasteiger partial charge in [0.05, 0.1) is 18.9 Å². The average Bonchev–Trinajstić information content (AvgIpc) is 2.97. The zero-order chi connectivity index (χ0) is 16.9. The highest BCUT2D eigenvalue weighted by atomic mass is 35.5. The SMILES string of the molecule is COC(=O)[C@]1(C)N[C@H](c2ccc(Cl)cc2)[C@@H]2C(=O)N(C)C(=O)[C@@H]21. The van der Waals surface area contributed by atoms with Crippen molar-refractivity contribution < 1.29 is 19.1 Å². The molecule has 0 spiro atoms. The highest BCUT2D eigenvalue weighted by Crippen LogP contribution is 2.48. The Balaban J connectivity index is 2.09. The number of likely N-dealkylation sites (tertiary alicyclic amines) is 1. The lowest BCUT2D eigenvalue weighted by Crippen LogP contribution is -2.53. The van der Waals surface area contributed by atoms with Gasteiger partial charge < -0.3 is 4.74 Å². The highest BCUT2D eigenvalue weighted by molar-refractivity contribution is 6.30. The molecule has 23 heavy (non-hydrogen) atoms. The Hall–Kier alpha value is -1.92. The number of benzene rings is 1. The van der Waals surface area contributed by atoms with Crippen molar-refractivity contribution in [2.24, 2.45) is 11.8 Å². The molecule has 2 fully saturated rings. The average molecular weight is 337 g/mol. The molecular formula is C16H17ClN2O4. The number of imide groups is 1. The van der Waals surface area contributed by atoms with Gasteiger partial charge in [0.25, 0.3) is 0 Å². The van der Waals surface area contributed by atoms with Crippen molar-refractivity contribution in [3.63, 3.8) is 0 Å². The van der Waals surface area contributed by atoms with Crippen LogP contribution in [0.4, 0.5) is 0 Å². The number of rotatable bonds is 2. The van der Waals surface area contributed by atoms with Crippen molar-refractivity contribution in [3.8, 4) is 0 Å². The number of nitrogens with zero attached hydrogens (tertiary/aromatic N) is 1. The molecule has 1 aromatic rings. The summed E-state index contributed by atoms with van der Waals surface area (Å²) in [5.74, 6) is -2.64. The molecule has 122 valence electrons. The number of ether oxygens (including phenoxy) is 1. The van der Waals surface area contributed by atoms with Crippen molar-refractivity contribution in [1.82, 2.24) is 10.2 Å². The molecule has 7 heteroatoms. The van der Waals surface area contributed by atoms with Crippen LogP contribution in [-0.4, -0.2) is 42.4 Å². The molecule has 2 heterocycles. The van der Waals surface area contributed by atoms with Crippen LogP contribution >= 0.6 is 11.6 Å². The first-order valence-electron chi connectivity index (χ1n) is 7.24. The van der Waals surface area contributed by atoms with Crippen molar-refractivity contribution in [2.45, 2.75) is 18.5 Å². The topological polar surface area (TPSA) is 75.7 Å². The van der Waals surface area contributed by atoms with Gasteiger partial charge in [0.15, 0.2) is 0 Å². The van der Waals surface area contributed by atoms with Gasteiger partial charge >= 0.3 is 5.97 Å². The second kappa shape index (κ2) is 5.32. The summed E-state index contributed by atoms with van der Waals surface area (Å²) in [6.45, 7) is 1.61. The summed E-state index contributed by atoms with van der Waals surface area (Å²) in [5, 5.41) is 3.73. The van der Waals surface area contributed by atoms with Gasteiger partial charge in [0.2, 0.25) is 11.8 Å². The standard InChI is InChI=1S/C16H17ClN2O4/c1-16(15(22)23-3)11-10(13(20)19(2)14(11)21)12(18-16)8-4-6-9(17)7-5-8/h4-7,10-12,18H,1-3H3/t10-,11-,12-,16-/m1/s1. The minimum absolute atomic E-state index is 0.292. The Kier molecular flexibility index (Phi) is 3.69. The van der Waals surface area contributed by atoms with E-state index in [4.69, 9.17) is 16.3 Å². The number of amides is 2. The monoisotopic (exact) mass is 336 g/mol. The van der Waals surface area contributed by atoms with E-state index in [1.54, 1.807) is 31.2 Å². The van der Waals surface area contributed by atoms with Crippen molar-refractivity contribution in [3.05, 3.63) is 34.9 Å². The summed E-state index contributed by atoms with van der Waals surface area (Å²) in [5.41, 5.74) is -0.449. The number of methoxy groups -OCH3 is 1. The van der Waals surface area contributed by atoms with Gasteiger partial charge in [0.1, 0.15) is 5.54 Å². The van der Waals surface area contributed by atoms with Gasteiger partial charge in [-0.25, -0.2) is 0 Å². The van der Waals surface area contributed by atoms with E-state index in [2.05, 4.69) is 5.32 Å². The van der Waals surface area contributed by atoms with E-state index in [1.807, 2.05) is 0 Å². The van der Waals surface area contributed by atoms with Gasteiger partial charge in [-0.2, -0.15) is 0 Å². The number of carbonyl (C=O) groups is 3. The summed E-state index contributed by atoms with van der Waals surface area (Å²) in [6.07, 6.45) is 0. The second-order valence-corrected chi connectivity index (χ2v) is 6.54. The molecule has 0 aromatic heterocycles. The third-order valence-electron chi connectivity index (χ3n) is 4.85. The fourth-order valence-corrected chi connectivity index (χ4v) is 3.77. The van der Waals surface area contributed by atoms with E-state index in [-0.39, 0.29) is 11.8 Å². The molecule has 1 aromatic carbocycles. The third-order valence-corrected chi connectivity index (χ3v) is 5.10. The van der Waals surface area contributed by atoms with Crippen LogP contribution in [0.15, 0.2) is 24.3 Å². The first-order valence-corrected chi connectivity index (χ1v) is 7.62.